The van der Waals surface area contributed by atoms with Crippen LogP contribution in [0.15, 0.2) is 60.3 Å². The molecule has 1 heterocycles. The molecule has 0 saturated heterocycles. The van der Waals surface area contributed by atoms with Crippen molar-refractivity contribution in [1.82, 2.24) is 4.90 Å². The smallest absolute Gasteiger partial charge is 0.278 e. The first-order valence-electron chi connectivity index (χ1n) is 8.29. The molecule has 0 radical (unpaired) electrons. The van der Waals surface area contributed by atoms with Gasteiger partial charge in [0.2, 0.25) is 0 Å². The Balaban J connectivity index is 1.97. The van der Waals surface area contributed by atoms with Gasteiger partial charge in [-0.2, -0.15) is 0 Å². The minimum absolute atomic E-state index is 0.279. The first-order valence-corrected chi connectivity index (χ1v) is 8.67. The fourth-order valence-electron chi connectivity index (χ4n) is 2.81. The van der Waals surface area contributed by atoms with E-state index in [9.17, 15) is 9.59 Å². The molecule has 0 spiro atoms. The third kappa shape index (κ3) is 3.79. The van der Waals surface area contributed by atoms with E-state index in [1.807, 2.05) is 30.3 Å². The van der Waals surface area contributed by atoms with Crippen LogP contribution in [0.4, 0.5) is 5.69 Å². The largest absolute Gasteiger partial charge is 0.385 e. The molecule has 2 amide bonds. The average Bonchev–Trinajstić information content (AvgIpc) is 2.88. The maximum Gasteiger partial charge on any atom is 0.278 e. The normalized spacial score (nSPS) is 14.3. The van der Waals surface area contributed by atoms with Crippen molar-refractivity contribution in [1.29, 1.82) is 0 Å². The van der Waals surface area contributed by atoms with E-state index in [4.69, 9.17) is 16.3 Å². The number of para-hydroxylation sites is 1. The zero-order valence-electron chi connectivity index (χ0n) is 14.4. The number of rotatable bonds is 7. The van der Waals surface area contributed by atoms with E-state index in [0.717, 1.165) is 5.69 Å². The summed E-state index contributed by atoms with van der Waals surface area (Å²) in [6.07, 6.45) is 0.584. The topological polar surface area (TPSA) is 58.6 Å². The highest BCUT2D eigenvalue weighted by atomic mass is 35.5. The van der Waals surface area contributed by atoms with Crippen LogP contribution in [0, 0.1) is 0 Å². The number of hydrogen-bond donors (Lipinski definition) is 1. The third-order valence-corrected chi connectivity index (χ3v) is 4.33. The molecule has 0 atom stereocenters. The van der Waals surface area contributed by atoms with Crippen LogP contribution < -0.4 is 5.32 Å². The number of nitrogens with zero attached hydrogens (tertiary/aromatic N) is 1. The molecule has 2 aromatic rings. The Morgan fingerprint density at radius 2 is 1.69 bits per heavy atom. The van der Waals surface area contributed by atoms with Crippen molar-refractivity contribution < 1.29 is 14.3 Å². The number of nitrogens with one attached hydrogen (secondary N) is 1. The molecule has 0 aromatic heterocycles. The Hall–Kier alpha value is -2.63. The van der Waals surface area contributed by atoms with Crippen LogP contribution in [0.1, 0.15) is 12.0 Å². The summed E-state index contributed by atoms with van der Waals surface area (Å²) in [5.41, 5.74) is 2.03. The fraction of sp³-hybridized carbons (Fsp3) is 0.200. The van der Waals surface area contributed by atoms with E-state index in [-0.39, 0.29) is 17.5 Å². The molecule has 3 rings (SSSR count). The molecular formula is C20H19ClN2O3. The lowest BCUT2D eigenvalue weighted by molar-refractivity contribution is -0.136. The molecular weight excluding hydrogens is 352 g/mol. The van der Waals surface area contributed by atoms with Crippen LogP contribution >= 0.6 is 11.6 Å². The number of carbonyl (C=O) groups is 2. The van der Waals surface area contributed by atoms with E-state index in [0.29, 0.717) is 35.7 Å². The Morgan fingerprint density at radius 3 is 2.35 bits per heavy atom. The van der Waals surface area contributed by atoms with E-state index >= 15 is 0 Å². The molecule has 26 heavy (non-hydrogen) atoms. The molecule has 0 saturated carbocycles. The maximum atomic E-state index is 12.9. The van der Waals surface area contributed by atoms with Crippen molar-refractivity contribution in [2.45, 2.75) is 6.42 Å². The minimum atomic E-state index is -0.333. The summed E-state index contributed by atoms with van der Waals surface area (Å²) < 4.78 is 5.03. The zero-order valence-corrected chi connectivity index (χ0v) is 15.1. The molecule has 0 aliphatic carbocycles. The van der Waals surface area contributed by atoms with Crippen molar-refractivity contribution in [3.63, 3.8) is 0 Å². The molecule has 1 N–H and O–H groups in total. The number of imide groups is 1. The lowest BCUT2D eigenvalue weighted by atomic mass is 10.0. The first kappa shape index (κ1) is 18.2. The quantitative estimate of drug-likeness (QED) is 0.598. The van der Waals surface area contributed by atoms with E-state index < -0.39 is 0 Å². The van der Waals surface area contributed by atoms with Gasteiger partial charge in [-0.25, -0.2) is 0 Å². The highest BCUT2D eigenvalue weighted by Gasteiger charge is 2.38. The summed E-state index contributed by atoms with van der Waals surface area (Å²) in [4.78, 5) is 27.1. The lowest BCUT2D eigenvalue weighted by Crippen LogP contribution is -2.33. The minimum Gasteiger partial charge on any atom is -0.385 e. The van der Waals surface area contributed by atoms with Crippen molar-refractivity contribution >= 4 is 34.7 Å². The number of carbonyl (C=O) groups excluding carboxylic acids is 2. The van der Waals surface area contributed by atoms with E-state index in [1.165, 1.54) is 4.90 Å². The van der Waals surface area contributed by atoms with Crippen LogP contribution in [0.2, 0.25) is 5.02 Å². The van der Waals surface area contributed by atoms with Gasteiger partial charge in [0.15, 0.2) is 0 Å². The standard InChI is InChI=1S/C20H19ClN2O3/c1-26-13-5-12-23-19(24)17(14-8-10-15(21)11-9-14)18(20(23)25)22-16-6-3-2-4-7-16/h2-4,6-11,22H,5,12-13H2,1H3. The fourth-order valence-corrected chi connectivity index (χ4v) is 2.94. The molecule has 0 fully saturated rings. The highest BCUT2D eigenvalue weighted by molar-refractivity contribution is 6.36. The first-order chi connectivity index (χ1) is 12.6. The van der Waals surface area contributed by atoms with Gasteiger partial charge in [-0.3, -0.25) is 14.5 Å². The number of hydrogen-bond acceptors (Lipinski definition) is 4. The summed E-state index contributed by atoms with van der Waals surface area (Å²) in [5, 5.41) is 3.68. The molecule has 0 bridgehead atoms. The summed E-state index contributed by atoms with van der Waals surface area (Å²) in [7, 11) is 1.59. The monoisotopic (exact) mass is 370 g/mol. The van der Waals surface area contributed by atoms with Crippen LogP contribution in [0.3, 0.4) is 0 Å². The number of halogens is 1. The van der Waals surface area contributed by atoms with Gasteiger partial charge in [0.1, 0.15) is 5.70 Å². The SMILES string of the molecule is COCCCN1C(=O)C(Nc2ccccc2)=C(c2ccc(Cl)cc2)C1=O. The van der Waals surface area contributed by atoms with Gasteiger partial charge >= 0.3 is 0 Å². The van der Waals surface area contributed by atoms with Gasteiger partial charge in [-0.1, -0.05) is 41.9 Å². The summed E-state index contributed by atoms with van der Waals surface area (Å²) >= 11 is 5.95. The van der Waals surface area contributed by atoms with Crippen molar-refractivity contribution in [3.05, 3.63) is 70.9 Å². The van der Waals surface area contributed by atoms with E-state index in [2.05, 4.69) is 5.32 Å². The van der Waals surface area contributed by atoms with Gasteiger partial charge in [0, 0.05) is 31.0 Å². The number of ether oxygens (including phenoxy) is 1. The average molecular weight is 371 g/mol. The Kier molecular flexibility index (Phi) is 5.71. The number of benzene rings is 2. The van der Waals surface area contributed by atoms with Gasteiger partial charge in [-0.15, -0.1) is 0 Å². The van der Waals surface area contributed by atoms with Crippen molar-refractivity contribution in [3.8, 4) is 0 Å². The molecule has 1 aliphatic heterocycles. The molecule has 6 heteroatoms. The second kappa shape index (κ2) is 8.17. The van der Waals surface area contributed by atoms with Crippen LogP contribution in [-0.4, -0.2) is 37.0 Å². The van der Waals surface area contributed by atoms with Gasteiger partial charge < -0.3 is 10.1 Å². The second-order valence-corrected chi connectivity index (χ2v) is 6.29. The van der Waals surface area contributed by atoms with Crippen LogP contribution in [-0.2, 0) is 14.3 Å². The maximum absolute atomic E-state index is 12.9. The molecule has 2 aromatic carbocycles. The second-order valence-electron chi connectivity index (χ2n) is 5.86. The number of amides is 2. The Labute approximate surface area is 157 Å². The summed E-state index contributed by atoms with van der Waals surface area (Å²) in [6.45, 7) is 0.789. The van der Waals surface area contributed by atoms with Crippen molar-refractivity contribution in [2.24, 2.45) is 0 Å². The number of anilines is 1. The van der Waals surface area contributed by atoms with Crippen LogP contribution in [0.25, 0.3) is 5.57 Å². The van der Waals surface area contributed by atoms with Gasteiger partial charge in [-0.05, 0) is 36.2 Å². The van der Waals surface area contributed by atoms with Crippen LogP contribution in [0.5, 0.6) is 0 Å². The Morgan fingerprint density at radius 1 is 1.00 bits per heavy atom. The third-order valence-electron chi connectivity index (χ3n) is 4.07. The predicted molar refractivity (Wildman–Crippen MR) is 102 cm³/mol. The van der Waals surface area contributed by atoms with Gasteiger partial charge in [0.25, 0.3) is 11.8 Å². The zero-order chi connectivity index (χ0) is 18.5. The summed E-state index contributed by atoms with van der Waals surface area (Å²) in [5.74, 6) is -0.647. The lowest BCUT2D eigenvalue weighted by Gasteiger charge is -2.14. The van der Waals surface area contributed by atoms with E-state index in [1.54, 1.807) is 31.4 Å². The van der Waals surface area contributed by atoms with Crippen molar-refractivity contribution in [2.75, 3.05) is 25.6 Å². The molecule has 0 unspecified atom stereocenters. The molecule has 5 nitrogen and oxygen atoms in total. The Bertz CT molecular complexity index is 832. The highest BCUT2D eigenvalue weighted by Crippen LogP contribution is 2.31. The summed E-state index contributed by atoms with van der Waals surface area (Å²) in [6, 6.07) is 16.2. The molecule has 1 aliphatic rings. The molecule has 134 valence electrons. The predicted octanol–water partition coefficient (Wildman–Crippen LogP) is 3.57. The number of methoxy groups -OCH3 is 1. The van der Waals surface area contributed by atoms with Gasteiger partial charge in [0.05, 0.1) is 5.57 Å².